The molecular weight excluding hydrogens is 308 g/mol. The number of nitrogens with zero attached hydrogens (tertiary/aromatic N) is 1. The number of carbonyl (C=O) groups is 1. The number of hydrogen-bond acceptors (Lipinski definition) is 5. The van der Waals surface area contributed by atoms with Crippen molar-refractivity contribution in [1.29, 1.82) is 0 Å². The highest BCUT2D eigenvalue weighted by molar-refractivity contribution is 7.90. The van der Waals surface area contributed by atoms with E-state index in [0.29, 0.717) is 32.8 Å². The zero-order chi connectivity index (χ0) is 15.8. The average Bonchev–Trinajstić information content (AvgIpc) is 3.25. The van der Waals surface area contributed by atoms with Crippen LogP contribution in [0.25, 0.3) is 0 Å². The quantitative estimate of drug-likeness (QED) is 0.775. The van der Waals surface area contributed by atoms with Gasteiger partial charge >= 0.3 is 0 Å². The Morgan fingerprint density at radius 1 is 1.36 bits per heavy atom. The lowest BCUT2D eigenvalue weighted by molar-refractivity contribution is -0.120. The number of amides is 1. The summed E-state index contributed by atoms with van der Waals surface area (Å²) in [7, 11) is -3.22. The summed E-state index contributed by atoms with van der Waals surface area (Å²) in [6, 6.07) is 0. The van der Waals surface area contributed by atoms with Crippen molar-refractivity contribution >= 4 is 15.9 Å². The Morgan fingerprint density at radius 3 is 2.82 bits per heavy atom. The highest BCUT2D eigenvalue weighted by atomic mass is 32.2. The second-order valence-electron chi connectivity index (χ2n) is 6.53. The second kappa shape index (κ2) is 6.07. The van der Waals surface area contributed by atoms with E-state index >= 15 is 0 Å². The fourth-order valence-electron chi connectivity index (χ4n) is 3.18. The number of ether oxygens (including phenoxy) is 2. The Kier molecular flexibility index (Phi) is 4.46. The summed E-state index contributed by atoms with van der Waals surface area (Å²) in [5, 5.41) is 2.55. The van der Waals surface area contributed by atoms with E-state index in [9.17, 15) is 13.2 Å². The third-order valence-electron chi connectivity index (χ3n) is 4.54. The summed E-state index contributed by atoms with van der Waals surface area (Å²) in [6.45, 7) is 3.53. The fraction of sp³-hybridized carbons (Fsp3) is 0.929. The topological polar surface area (TPSA) is 84.9 Å². The molecule has 7 nitrogen and oxygen atoms in total. The molecule has 1 N–H and O–H groups in total. The molecule has 3 rings (SSSR count). The smallest absolute Gasteiger partial charge is 0.217 e. The molecule has 22 heavy (non-hydrogen) atoms. The summed E-state index contributed by atoms with van der Waals surface area (Å²) < 4.78 is 38.3. The summed E-state index contributed by atoms with van der Waals surface area (Å²) in [4.78, 5) is 11.0. The molecule has 0 aromatic rings. The standard InChI is InChI=1S/C14H24N2O5S/c1-11(17)15-8-12-4-5-14(21-12)9-16(6-7-20-10-14)22(18,19)13-2-3-13/h12-13H,2-10H2,1H3,(H,15,17). The van der Waals surface area contributed by atoms with Gasteiger partial charge in [0.25, 0.3) is 0 Å². The number of hydrogen-bond donors (Lipinski definition) is 1. The van der Waals surface area contributed by atoms with Gasteiger partial charge in [0.1, 0.15) is 5.60 Å². The van der Waals surface area contributed by atoms with Gasteiger partial charge in [-0.1, -0.05) is 0 Å². The van der Waals surface area contributed by atoms with Gasteiger partial charge in [0.15, 0.2) is 0 Å². The van der Waals surface area contributed by atoms with E-state index in [1.807, 2.05) is 0 Å². The molecule has 3 fully saturated rings. The first-order chi connectivity index (χ1) is 10.4. The molecule has 2 unspecified atom stereocenters. The van der Waals surface area contributed by atoms with Gasteiger partial charge in [0, 0.05) is 26.6 Å². The van der Waals surface area contributed by atoms with Crippen LogP contribution in [0.5, 0.6) is 0 Å². The van der Waals surface area contributed by atoms with Crippen LogP contribution >= 0.6 is 0 Å². The Labute approximate surface area is 131 Å². The number of sulfonamides is 1. The molecule has 3 aliphatic rings. The minimum absolute atomic E-state index is 0.0731. The van der Waals surface area contributed by atoms with Crippen LogP contribution < -0.4 is 5.32 Å². The maximum Gasteiger partial charge on any atom is 0.217 e. The van der Waals surface area contributed by atoms with E-state index in [1.54, 1.807) is 4.31 Å². The number of rotatable bonds is 4. The lowest BCUT2D eigenvalue weighted by Gasteiger charge is -2.31. The van der Waals surface area contributed by atoms with E-state index in [-0.39, 0.29) is 17.3 Å². The third-order valence-corrected chi connectivity index (χ3v) is 6.88. The fourth-order valence-corrected chi connectivity index (χ4v) is 5.08. The van der Waals surface area contributed by atoms with Crippen molar-refractivity contribution in [3.63, 3.8) is 0 Å². The molecule has 0 bridgehead atoms. The Bertz CT molecular complexity index is 533. The minimum atomic E-state index is -3.22. The van der Waals surface area contributed by atoms with Gasteiger partial charge < -0.3 is 14.8 Å². The van der Waals surface area contributed by atoms with Crippen LogP contribution in [0.1, 0.15) is 32.6 Å². The van der Waals surface area contributed by atoms with Crippen molar-refractivity contribution in [2.24, 2.45) is 0 Å². The monoisotopic (exact) mass is 332 g/mol. The molecule has 126 valence electrons. The average molecular weight is 332 g/mol. The van der Waals surface area contributed by atoms with Crippen molar-refractivity contribution in [2.75, 3.05) is 32.8 Å². The lowest BCUT2D eigenvalue weighted by atomic mass is 10.0. The van der Waals surface area contributed by atoms with E-state index in [0.717, 1.165) is 25.7 Å². The molecule has 2 aliphatic heterocycles. The first-order valence-corrected chi connectivity index (χ1v) is 9.41. The van der Waals surface area contributed by atoms with E-state index < -0.39 is 15.6 Å². The van der Waals surface area contributed by atoms with Crippen molar-refractivity contribution in [2.45, 2.75) is 49.6 Å². The first-order valence-electron chi connectivity index (χ1n) is 7.90. The van der Waals surface area contributed by atoms with Crippen LogP contribution in [-0.4, -0.2) is 68.4 Å². The summed E-state index contributed by atoms with van der Waals surface area (Å²) in [6.07, 6.45) is 3.02. The van der Waals surface area contributed by atoms with Gasteiger partial charge in [-0.15, -0.1) is 0 Å². The Balaban J connectivity index is 1.66. The molecule has 2 heterocycles. The molecule has 1 aliphatic carbocycles. The van der Waals surface area contributed by atoms with E-state index in [1.165, 1.54) is 6.92 Å². The predicted octanol–water partition coefficient (Wildman–Crippen LogP) is -0.135. The largest absolute Gasteiger partial charge is 0.377 e. The van der Waals surface area contributed by atoms with Gasteiger partial charge in [0.2, 0.25) is 15.9 Å². The van der Waals surface area contributed by atoms with Crippen LogP contribution in [0, 0.1) is 0 Å². The molecule has 2 saturated heterocycles. The maximum atomic E-state index is 12.5. The van der Waals surface area contributed by atoms with Crippen LogP contribution in [0.2, 0.25) is 0 Å². The first kappa shape index (κ1) is 16.2. The second-order valence-corrected chi connectivity index (χ2v) is 8.74. The molecule has 1 amide bonds. The van der Waals surface area contributed by atoms with E-state index in [2.05, 4.69) is 5.32 Å². The Morgan fingerprint density at radius 2 is 2.14 bits per heavy atom. The van der Waals surface area contributed by atoms with Crippen LogP contribution in [0.15, 0.2) is 0 Å². The van der Waals surface area contributed by atoms with Crippen molar-refractivity contribution in [3.8, 4) is 0 Å². The van der Waals surface area contributed by atoms with Gasteiger partial charge in [-0.25, -0.2) is 8.42 Å². The number of carbonyl (C=O) groups excluding carboxylic acids is 1. The zero-order valence-electron chi connectivity index (χ0n) is 12.9. The van der Waals surface area contributed by atoms with Gasteiger partial charge in [0.05, 0.1) is 24.6 Å². The molecule has 0 aromatic heterocycles. The molecular formula is C14H24N2O5S. The minimum Gasteiger partial charge on any atom is -0.377 e. The molecule has 2 atom stereocenters. The molecule has 1 saturated carbocycles. The summed E-state index contributed by atoms with van der Waals surface area (Å²) >= 11 is 0. The molecule has 0 radical (unpaired) electrons. The Hall–Kier alpha value is -0.700. The van der Waals surface area contributed by atoms with E-state index in [4.69, 9.17) is 9.47 Å². The SMILES string of the molecule is CC(=O)NCC1CCC2(COCCN(S(=O)(=O)C3CC3)C2)O1. The normalized spacial score (nSPS) is 33.8. The van der Waals surface area contributed by atoms with Crippen molar-refractivity contribution in [1.82, 2.24) is 9.62 Å². The maximum absolute atomic E-state index is 12.5. The zero-order valence-corrected chi connectivity index (χ0v) is 13.7. The summed E-state index contributed by atoms with van der Waals surface area (Å²) in [5.74, 6) is -0.0837. The molecule has 0 aromatic carbocycles. The molecule has 8 heteroatoms. The van der Waals surface area contributed by atoms with Crippen LogP contribution in [-0.2, 0) is 24.3 Å². The van der Waals surface area contributed by atoms with Crippen LogP contribution in [0.3, 0.4) is 0 Å². The predicted molar refractivity (Wildman–Crippen MR) is 79.9 cm³/mol. The third kappa shape index (κ3) is 3.45. The molecule has 1 spiro atoms. The lowest BCUT2D eigenvalue weighted by Crippen LogP contribution is -2.48. The van der Waals surface area contributed by atoms with Crippen molar-refractivity contribution in [3.05, 3.63) is 0 Å². The highest BCUT2D eigenvalue weighted by Gasteiger charge is 2.48. The highest BCUT2D eigenvalue weighted by Crippen LogP contribution is 2.37. The van der Waals surface area contributed by atoms with Crippen molar-refractivity contribution < 1.29 is 22.7 Å². The summed E-state index contributed by atoms with van der Waals surface area (Å²) in [5.41, 5.74) is -0.568. The number of nitrogens with one attached hydrogen (secondary N) is 1. The van der Waals surface area contributed by atoms with Crippen LogP contribution in [0.4, 0.5) is 0 Å². The van der Waals surface area contributed by atoms with Gasteiger partial charge in [-0.3, -0.25) is 4.79 Å². The van der Waals surface area contributed by atoms with Gasteiger partial charge in [-0.2, -0.15) is 4.31 Å². The van der Waals surface area contributed by atoms with Gasteiger partial charge in [-0.05, 0) is 25.7 Å².